The summed E-state index contributed by atoms with van der Waals surface area (Å²) in [6, 6.07) is 2.80. The third-order valence-corrected chi connectivity index (χ3v) is 2.35. The first kappa shape index (κ1) is 11.3. The summed E-state index contributed by atoms with van der Waals surface area (Å²) >= 11 is 0. The minimum Gasteiger partial charge on any atom is -0.497 e. The van der Waals surface area contributed by atoms with E-state index in [1.54, 1.807) is 6.07 Å². The highest BCUT2D eigenvalue weighted by molar-refractivity contribution is 5.78. The zero-order valence-corrected chi connectivity index (χ0v) is 9.36. The third kappa shape index (κ3) is 1.89. The van der Waals surface area contributed by atoms with Crippen LogP contribution in [0.2, 0.25) is 0 Å². The molecule has 0 aliphatic heterocycles. The molecule has 0 fully saturated rings. The Labute approximate surface area is 96.9 Å². The number of ether oxygens (including phenoxy) is 2. The molecule has 1 heterocycles. The van der Waals surface area contributed by atoms with Gasteiger partial charge >= 0.3 is 0 Å². The lowest BCUT2D eigenvalue weighted by atomic mass is 10.1. The number of hydrogen-bond donors (Lipinski definition) is 1. The molecular weight excluding hydrogens is 227 g/mol. The SMILES string of the molecule is COc1cc(F)c(-c2cnoc2N)c(OC)c1. The molecule has 0 radical (unpaired) electrons. The fraction of sp³-hybridized carbons (Fsp3) is 0.182. The second kappa shape index (κ2) is 4.32. The van der Waals surface area contributed by atoms with E-state index in [0.717, 1.165) is 0 Å². The molecule has 0 aliphatic carbocycles. The number of nitrogen functional groups attached to an aromatic ring is 1. The van der Waals surface area contributed by atoms with Crippen molar-refractivity contribution in [2.75, 3.05) is 20.0 Å². The van der Waals surface area contributed by atoms with Crippen molar-refractivity contribution in [1.82, 2.24) is 5.16 Å². The van der Waals surface area contributed by atoms with Gasteiger partial charge in [-0.05, 0) is 0 Å². The molecule has 0 unspecified atom stereocenters. The second-order valence-electron chi connectivity index (χ2n) is 3.29. The molecule has 0 amide bonds. The Bertz CT molecular complexity index is 540. The van der Waals surface area contributed by atoms with Gasteiger partial charge in [0.15, 0.2) is 0 Å². The van der Waals surface area contributed by atoms with Crippen LogP contribution in [-0.2, 0) is 0 Å². The molecule has 1 aromatic heterocycles. The summed E-state index contributed by atoms with van der Waals surface area (Å²) in [4.78, 5) is 0. The average Bonchev–Trinajstić information content (AvgIpc) is 2.74. The highest BCUT2D eigenvalue weighted by Crippen LogP contribution is 2.38. The lowest BCUT2D eigenvalue weighted by Gasteiger charge is -2.10. The molecule has 2 aromatic rings. The standard InChI is InChI=1S/C11H11FN2O3/c1-15-6-3-8(12)10(9(4-6)16-2)7-5-14-17-11(7)13/h3-5H,13H2,1-2H3. The monoisotopic (exact) mass is 238 g/mol. The first-order valence-corrected chi connectivity index (χ1v) is 4.79. The molecule has 0 atom stereocenters. The van der Waals surface area contributed by atoms with Gasteiger partial charge in [-0.2, -0.15) is 0 Å². The van der Waals surface area contributed by atoms with Gasteiger partial charge in [0.25, 0.3) is 0 Å². The minimum absolute atomic E-state index is 0.0346. The van der Waals surface area contributed by atoms with E-state index in [0.29, 0.717) is 17.1 Å². The van der Waals surface area contributed by atoms with Crippen LogP contribution in [0, 0.1) is 5.82 Å². The van der Waals surface area contributed by atoms with Crippen LogP contribution in [0.15, 0.2) is 22.9 Å². The van der Waals surface area contributed by atoms with Gasteiger partial charge in [-0.25, -0.2) is 4.39 Å². The molecule has 0 aliphatic rings. The molecule has 6 heteroatoms. The number of rotatable bonds is 3. The smallest absolute Gasteiger partial charge is 0.230 e. The van der Waals surface area contributed by atoms with Crippen molar-refractivity contribution >= 4 is 5.88 Å². The maximum atomic E-state index is 13.9. The van der Waals surface area contributed by atoms with Crippen LogP contribution >= 0.6 is 0 Å². The van der Waals surface area contributed by atoms with E-state index in [1.165, 1.54) is 26.5 Å². The van der Waals surface area contributed by atoms with Gasteiger partial charge in [0.2, 0.25) is 5.88 Å². The average molecular weight is 238 g/mol. The van der Waals surface area contributed by atoms with Crippen LogP contribution in [0.25, 0.3) is 11.1 Å². The Balaban J connectivity index is 2.65. The fourth-order valence-corrected chi connectivity index (χ4v) is 1.53. The highest BCUT2D eigenvalue weighted by atomic mass is 19.1. The molecule has 2 rings (SSSR count). The zero-order valence-electron chi connectivity index (χ0n) is 9.36. The summed E-state index contributed by atoms with van der Waals surface area (Å²) in [5.74, 6) is 0.179. The number of benzene rings is 1. The summed E-state index contributed by atoms with van der Waals surface area (Å²) in [6.45, 7) is 0. The molecule has 1 aromatic carbocycles. The lowest BCUT2D eigenvalue weighted by molar-refractivity contribution is 0.390. The van der Waals surface area contributed by atoms with Crippen LogP contribution in [-0.4, -0.2) is 19.4 Å². The summed E-state index contributed by atoms with van der Waals surface area (Å²) in [5, 5.41) is 3.50. The van der Waals surface area contributed by atoms with Gasteiger partial charge in [0.1, 0.15) is 17.3 Å². The number of aromatic nitrogens is 1. The Morgan fingerprint density at radius 1 is 1.29 bits per heavy atom. The van der Waals surface area contributed by atoms with Gasteiger partial charge in [0.05, 0.1) is 31.5 Å². The lowest BCUT2D eigenvalue weighted by Crippen LogP contribution is -1.95. The first-order chi connectivity index (χ1) is 8.17. The van der Waals surface area contributed by atoms with Gasteiger partial charge < -0.3 is 19.7 Å². The maximum Gasteiger partial charge on any atom is 0.230 e. The third-order valence-electron chi connectivity index (χ3n) is 2.35. The quantitative estimate of drug-likeness (QED) is 0.886. The van der Waals surface area contributed by atoms with E-state index in [-0.39, 0.29) is 11.4 Å². The van der Waals surface area contributed by atoms with Crippen molar-refractivity contribution < 1.29 is 18.4 Å². The van der Waals surface area contributed by atoms with Gasteiger partial charge in [-0.3, -0.25) is 0 Å². The van der Waals surface area contributed by atoms with Crippen molar-refractivity contribution in [1.29, 1.82) is 0 Å². The molecule has 0 bridgehead atoms. The number of methoxy groups -OCH3 is 2. The van der Waals surface area contributed by atoms with Crippen molar-refractivity contribution in [2.24, 2.45) is 0 Å². The number of anilines is 1. The van der Waals surface area contributed by atoms with Crippen LogP contribution < -0.4 is 15.2 Å². The summed E-state index contributed by atoms with van der Waals surface area (Å²) < 4.78 is 28.7. The molecule has 5 nitrogen and oxygen atoms in total. The molecule has 2 N–H and O–H groups in total. The Kier molecular flexibility index (Phi) is 2.86. The van der Waals surface area contributed by atoms with E-state index >= 15 is 0 Å². The van der Waals surface area contributed by atoms with Crippen molar-refractivity contribution in [2.45, 2.75) is 0 Å². The van der Waals surface area contributed by atoms with Gasteiger partial charge in [-0.15, -0.1) is 0 Å². The maximum absolute atomic E-state index is 13.9. The summed E-state index contributed by atoms with van der Waals surface area (Å²) in [6.07, 6.45) is 1.34. The van der Waals surface area contributed by atoms with Gasteiger partial charge in [-0.1, -0.05) is 5.16 Å². The van der Waals surface area contributed by atoms with E-state index in [9.17, 15) is 4.39 Å². The van der Waals surface area contributed by atoms with E-state index in [4.69, 9.17) is 19.7 Å². The van der Waals surface area contributed by atoms with E-state index in [1.807, 2.05) is 0 Å². The summed E-state index contributed by atoms with van der Waals surface area (Å²) in [5.41, 5.74) is 6.10. The molecular formula is C11H11FN2O3. The largest absolute Gasteiger partial charge is 0.497 e. The molecule has 17 heavy (non-hydrogen) atoms. The second-order valence-corrected chi connectivity index (χ2v) is 3.29. The number of nitrogens with zero attached hydrogens (tertiary/aromatic N) is 1. The Morgan fingerprint density at radius 2 is 2.06 bits per heavy atom. The van der Waals surface area contributed by atoms with Crippen molar-refractivity contribution in [3.8, 4) is 22.6 Å². The van der Waals surface area contributed by atoms with E-state index in [2.05, 4.69) is 5.16 Å². The Morgan fingerprint density at radius 3 is 2.59 bits per heavy atom. The molecule has 90 valence electrons. The molecule has 0 spiro atoms. The zero-order chi connectivity index (χ0) is 12.4. The predicted octanol–water partition coefficient (Wildman–Crippen LogP) is 2.08. The number of hydrogen-bond acceptors (Lipinski definition) is 5. The molecule has 0 saturated heterocycles. The fourth-order valence-electron chi connectivity index (χ4n) is 1.53. The minimum atomic E-state index is -0.517. The van der Waals surface area contributed by atoms with Crippen molar-refractivity contribution in [3.05, 3.63) is 24.1 Å². The highest BCUT2D eigenvalue weighted by Gasteiger charge is 2.18. The van der Waals surface area contributed by atoms with Crippen molar-refractivity contribution in [3.63, 3.8) is 0 Å². The predicted molar refractivity (Wildman–Crippen MR) is 59.4 cm³/mol. The summed E-state index contributed by atoms with van der Waals surface area (Å²) in [7, 11) is 2.88. The number of halogens is 1. The molecule has 0 saturated carbocycles. The van der Waals surface area contributed by atoms with Crippen LogP contribution in [0.1, 0.15) is 0 Å². The van der Waals surface area contributed by atoms with Crippen LogP contribution in [0.5, 0.6) is 11.5 Å². The number of nitrogens with two attached hydrogens (primary N) is 1. The van der Waals surface area contributed by atoms with Gasteiger partial charge in [0, 0.05) is 12.1 Å². The topological polar surface area (TPSA) is 70.5 Å². The first-order valence-electron chi connectivity index (χ1n) is 4.79. The van der Waals surface area contributed by atoms with E-state index < -0.39 is 5.82 Å². The van der Waals surface area contributed by atoms with Crippen LogP contribution in [0.3, 0.4) is 0 Å². The Hall–Kier alpha value is -2.24. The van der Waals surface area contributed by atoms with Crippen LogP contribution in [0.4, 0.5) is 10.3 Å². The normalized spacial score (nSPS) is 10.3.